The highest BCUT2D eigenvalue weighted by Gasteiger charge is 2.29. The van der Waals surface area contributed by atoms with Crippen LogP contribution in [-0.2, 0) is 28.2 Å². The number of nitrogens with zero attached hydrogens (tertiary/aromatic N) is 7. The number of aryl methyl sites for hydroxylation is 4. The highest BCUT2D eigenvalue weighted by molar-refractivity contribution is 5.88. The number of nitrogens with one attached hydrogen (secondary N) is 3. The summed E-state index contributed by atoms with van der Waals surface area (Å²) in [6, 6.07) is 15.7. The Kier molecular flexibility index (Phi) is 7.24. The molecule has 0 fully saturated rings. The van der Waals surface area contributed by atoms with Crippen molar-refractivity contribution in [2.45, 2.75) is 13.8 Å². The van der Waals surface area contributed by atoms with E-state index in [-0.39, 0.29) is 51.0 Å². The predicted octanol–water partition coefficient (Wildman–Crippen LogP) is 1.63. The maximum atomic E-state index is 14.5. The SMILES string of the molecule is Cc1ccc(Nc2nc3nc4c(c(=O)c-3c(Nc3ccc(C)cc3)n2-c2cc(=O)c3c(=O)n(C)c(=O)n(C)c3[nH]2)c(=O)n(C)c(=O)n4C)cc1. The summed E-state index contributed by atoms with van der Waals surface area (Å²) < 4.78 is 5.30. The second-order valence-corrected chi connectivity index (χ2v) is 12.1. The van der Waals surface area contributed by atoms with Crippen LogP contribution in [0.2, 0.25) is 0 Å². The second-order valence-electron chi connectivity index (χ2n) is 12.1. The lowest BCUT2D eigenvalue weighted by Crippen LogP contribution is -2.40. The van der Waals surface area contributed by atoms with E-state index < -0.39 is 33.4 Å². The summed E-state index contributed by atoms with van der Waals surface area (Å²) in [6.45, 7) is 3.84. The number of anilines is 4. The molecule has 0 unspecified atom stereocenters. The van der Waals surface area contributed by atoms with Gasteiger partial charge in [0.1, 0.15) is 33.6 Å². The van der Waals surface area contributed by atoms with Crippen LogP contribution in [0.4, 0.5) is 23.1 Å². The molecule has 0 radical (unpaired) electrons. The normalized spacial score (nSPS) is 11.5. The molecule has 0 atom stereocenters. The number of hydrogen-bond acceptors (Lipinski definition) is 10. The van der Waals surface area contributed by atoms with Crippen LogP contribution in [0.5, 0.6) is 0 Å². The molecule has 3 aromatic heterocycles. The average Bonchev–Trinajstić information content (AvgIpc) is 3.09. The average molecular weight is 675 g/mol. The minimum Gasteiger partial charge on any atom is -0.340 e. The van der Waals surface area contributed by atoms with Gasteiger partial charge in [-0.15, -0.1) is 0 Å². The summed E-state index contributed by atoms with van der Waals surface area (Å²) >= 11 is 0. The number of rotatable bonds is 5. The molecule has 0 saturated heterocycles. The van der Waals surface area contributed by atoms with Crippen LogP contribution in [-0.4, -0.2) is 37.8 Å². The summed E-state index contributed by atoms with van der Waals surface area (Å²) in [6.07, 6.45) is 0. The van der Waals surface area contributed by atoms with Crippen LogP contribution in [0, 0.1) is 13.8 Å². The van der Waals surface area contributed by atoms with E-state index in [1.165, 1.54) is 32.8 Å². The number of aromatic nitrogens is 8. The number of fused-ring (bicyclic) bond motifs is 3. The van der Waals surface area contributed by atoms with E-state index >= 15 is 0 Å². The quantitative estimate of drug-likeness (QED) is 0.226. The van der Waals surface area contributed by atoms with E-state index in [9.17, 15) is 28.8 Å². The standard InChI is InChI=1S/C34H30N10O6/c1-16-7-11-18(12-8-16)35-29-23-25(46)24-28(41(4)34(50)43(6)31(24)48)38-26(23)39-32(36-19-13-9-17(2)10-14-19)44(29)21-15-20(45)22-27(37-21)40(3)33(49)42(5)30(22)47/h7-15,35H,1-6H3,(H,37,45)(H,36,38,39). The highest BCUT2D eigenvalue weighted by Crippen LogP contribution is 2.34. The molecule has 252 valence electrons. The molecule has 0 amide bonds. The molecule has 7 rings (SSSR count). The smallest absolute Gasteiger partial charge is 0.332 e. The van der Waals surface area contributed by atoms with Gasteiger partial charge in [-0.05, 0) is 38.1 Å². The van der Waals surface area contributed by atoms with E-state index in [4.69, 9.17) is 4.98 Å². The van der Waals surface area contributed by atoms with Crippen molar-refractivity contribution in [1.29, 1.82) is 0 Å². The van der Waals surface area contributed by atoms with Gasteiger partial charge in [-0.25, -0.2) is 19.1 Å². The Morgan fingerprint density at radius 1 is 0.640 bits per heavy atom. The summed E-state index contributed by atoms with van der Waals surface area (Å²) in [7, 11) is 5.35. The van der Waals surface area contributed by atoms with Crippen molar-refractivity contribution in [3.63, 3.8) is 0 Å². The molecule has 0 saturated carbocycles. The van der Waals surface area contributed by atoms with E-state index in [2.05, 4.69) is 20.6 Å². The zero-order valence-corrected chi connectivity index (χ0v) is 27.8. The molecule has 16 heteroatoms. The van der Waals surface area contributed by atoms with Crippen LogP contribution in [0.15, 0.2) is 83.4 Å². The Morgan fingerprint density at radius 2 is 1.18 bits per heavy atom. The van der Waals surface area contributed by atoms with Crippen LogP contribution in [0.25, 0.3) is 39.3 Å². The van der Waals surface area contributed by atoms with Gasteiger partial charge in [0.15, 0.2) is 16.9 Å². The monoisotopic (exact) mass is 674 g/mol. The minimum absolute atomic E-state index is 0.0113. The predicted molar refractivity (Wildman–Crippen MR) is 190 cm³/mol. The molecule has 0 spiro atoms. The zero-order valence-electron chi connectivity index (χ0n) is 27.8. The lowest BCUT2D eigenvalue weighted by Gasteiger charge is -2.24. The first kappa shape index (κ1) is 31.7. The second kappa shape index (κ2) is 11.4. The molecule has 2 aliphatic rings. The number of H-pyrrole nitrogens is 1. The van der Waals surface area contributed by atoms with Crippen molar-refractivity contribution in [2.24, 2.45) is 28.2 Å². The first-order valence-corrected chi connectivity index (χ1v) is 15.3. The van der Waals surface area contributed by atoms with Crippen molar-refractivity contribution in [1.82, 2.24) is 37.8 Å². The Balaban J connectivity index is 1.70. The first-order valence-electron chi connectivity index (χ1n) is 15.3. The molecule has 2 aliphatic heterocycles. The fourth-order valence-corrected chi connectivity index (χ4v) is 5.87. The highest BCUT2D eigenvalue weighted by atomic mass is 16.2. The van der Waals surface area contributed by atoms with Crippen LogP contribution in [0.3, 0.4) is 0 Å². The third-order valence-corrected chi connectivity index (χ3v) is 8.70. The van der Waals surface area contributed by atoms with Gasteiger partial charge < -0.3 is 15.6 Å². The summed E-state index contributed by atoms with van der Waals surface area (Å²) in [5.41, 5.74) is -1.78. The molecule has 2 aromatic carbocycles. The first-order chi connectivity index (χ1) is 23.8. The Labute approximate surface area is 280 Å². The van der Waals surface area contributed by atoms with Gasteiger partial charge in [-0.1, -0.05) is 35.4 Å². The van der Waals surface area contributed by atoms with E-state index in [1.807, 2.05) is 38.1 Å². The molecular formula is C34H30N10O6. The van der Waals surface area contributed by atoms with Gasteiger partial charge in [0.2, 0.25) is 11.4 Å². The van der Waals surface area contributed by atoms with Crippen LogP contribution in [0.1, 0.15) is 11.1 Å². The maximum Gasteiger partial charge on any atom is 0.332 e. The number of benzene rings is 2. The fraction of sp³-hybridized carbons (Fsp3) is 0.176. The molecule has 50 heavy (non-hydrogen) atoms. The third kappa shape index (κ3) is 4.84. The topological polar surface area (TPSA) is 193 Å². The Bertz CT molecular complexity index is 2890. The van der Waals surface area contributed by atoms with Gasteiger partial charge >= 0.3 is 11.4 Å². The molecule has 0 aliphatic carbocycles. The third-order valence-electron chi connectivity index (χ3n) is 8.70. The Hall–Kier alpha value is -6.84. The maximum absolute atomic E-state index is 14.5. The summed E-state index contributed by atoms with van der Waals surface area (Å²) in [5.74, 6) is -0.0274. The lowest BCUT2D eigenvalue weighted by atomic mass is 10.1. The van der Waals surface area contributed by atoms with Gasteiger partial charge in [0.05, 0.1) is 0 Å². The fourth-order valence-electron chi connectivity index (χ4n) is 5.87. The van der Waals surface area contributed by atoms with E-state index in [0.29, 0.717) is 11.4 Å². The van der Waals surface area contributed by atoms with E-state index in [0.717, 1.165) is 35.5 Å². The lowest BCUT2D eigenvalue weighted by molar-refractivity contribution is 0.705. The minimum atomic E-state index is -0.845. The van der Waals surface area contributed by atoms with Crippen molar-refractivity contribution < 1.29 is 0 Å². The van der Waals surface area contributed by atoms with Gasteiger partial charge in [0, 0.05) is 45.6 Å². The van der Waals surface area contributed by atoms with Gasteiger partial charge in [-0.2, -0.15) is 4.98 Å². The Morgan fingerprint density at radius 3 is 1.78 bits per heavy atom. The molecule has 5 heterocycles. The number of aromatic amines is 1. The zero-order chi connectivity index (χ0) is 35.8. The molecule has 3 N–H and O–H groups in total. The van der Waals surface area contributed by atoms with Crippen LogP contribution >= 0.6 is 0 Å². The number of pyridine rings is 2. The van der Waals surface area contributed by atoms with Crippen molar-refractivity contribution in [3.8, 4) is 17.2 Å². The van der Waals surface area contributed by atoms with Gasteiger partial charge in [0.25, 0.3) is 11.1 Å². The molecule has 0 bridgehead atoms. The van der Waals surface area contributed by atoms with Gasteiger partial charge in [-0.3, -0.25) is 37.4 Å². The molecule has 16 nitrogen and oxygen atoms in total. The van der Waals surface area contributed by atoms with Crippen molar-refractivity contribution in [3.05, 3.63) is 128 Å². The van der Waals surface area contributed by atoms with Crippen molar-refractivity contribution in [2.75, 3.05) is 10.6 Å². The molecular weight excluding hydrogens is 644 g/mol. The largest absolute Gasteiger partial charge is 0.340 e. The number of hydrogen-bond donors (Lipinski definition) is 3. The van der Waals surface area contributed by atoms with E-state index in [1.54, 1.807) is 24.3 Å². The van der Waals surface area contributed by atoms with Crippen molar-refractivity contribution >= 4 is 45.2 Å². The molecule has 5 aromatic rings. The summed E-state index contributed by atoms with van der Waals surface area (Å²) in [5, 5.41) is 5.90. The summed E-state index contributed by atoms with van der Waals surface area (Å²) in [4.78, 5) is 92.8. The van der Waals surface area contributed by atoms with Crippen LogP contribution < -0.4 is 44.0 Å².